The summed E-state index contributed by atoms with van der Waals surface area (Å²) in [5, 5.41) is 4.75. The summed E-state index contributed by atoms with van der Waals surface area (Å²) in [6.45, 7) is 4.98. The number of carbonyl (C=O) groups excluding carboxylic acids is 1. The van der Waals surface area contributed by atoms with E-state index in [-0.39, 0.29) is 5.91 Å². The van der Waals surface area contributed by atoms with Crippen LogP contribution >= 0.6 is 0 Å². The number of allylic oxidation sites excluding steroid dienone is 1. The lowest BCUT2D eigenvalue weighted by molar-refractivity contribution is -0.122. The fraction of sp³-hybridized carbons (Fsp3) is 0.667. The van der Waals surface area contributed by atoms with Crippen molar-refractivity contribution in [3.05, 3.63) is 12.2 Å². The second-order valence-corrected chi connectivity index (χ2v) is 3.06. The fourth-order valence-electron chi connectivity index (χ4n) is 1.24. The number of rotatable bonds is 4. The molecule has 0 aromatic rings. The molecule has 1 saturated heterocycles. The third-order valence-electron chi connectivity index (χ3n) is 1.93. The molecule has 0 saturated carbocycles. The quantitative estimate of drug-likeness (QED) is 0.598. The Balaban J connectivity index is 2.09. The third kappa shape index (κ3) is 4.05. The van der Waals surface area contributed by atoms with Gasteiger partial charge in [0, 0.05) is 19.6 Å². The molecule has 1 aliphatic rings. The minimum Gasteiger partial charge on any atom is -0.351 e. The van der Waals surface area contributed by atoms with Crippen molar-refractivity contribution in [1.29, 1.82) is 0 Å². The monoisotopic (exact) mass is 183 g/mol. The van der Waals surface area contributed by atoms with Crippen LogP contribution in [0.5, 0.6) is 0 Å². The summed E-state index contributed by atoms with van der Waals surface area (Å²) < 4.78 is 0. The van der Waals surface area contributed by atoms with Crippen molar-refractivity contribution in [1.82, 2.24) is 15.8 Å². The maximum absolute atomic E-state index is 11.2. The highest BCUT2D eigenvalue weighted by Crippen LogP contribution is 1.94. The average Bonchev–Trinajstić information content (AvgIpc) is 2.57. The molecular weight excluding hydrogens is 166 g/mol. The highest BCUT2D eigenvalue weighted by molar-refractivity contribution is 5.78. The maximum atomic E-state index is 11.2. The van der Waals surface area contributed by atoms with E-state index in [1.807, 2.05) is 24.1 Å². The van der Waals surface area contributed by atoms with E-state index in [0.717, 1.165) is 19.5 Å². The van der Waals surface area contributed by atoms with Crippen molar-refractivity contribution in [2.75, 3.05) is 26.2 Å². The van der Waals surface area contributed by atoms with Gasteiger partial charge in [0.15, 0.2) is 0 Å². The predicted molar refractivity (Wildman–Crippen MR) is 52.0 cm³/mol. The zero-order valence-corrected chi connectivity index (χ0v) is 8.05. The lowest BCUT2D eigenvalue weighted by Crippen LogP contribution is -2.40. The lowest BCUT2D eigenvalue weighted by atomic mass is 10.4. The zero-order valence-electron chi connectivity index (χ0n) is 8.05. The minimum atomic E-state index is 0.0764. The molecule has 13 heavy (non-hydrogen) atoms. The van der Waals surface area contributed by atoms with Gasteiger partial charge in [-0.05, 0) is 13.3 Å². The first kappa shape index (κ1) is 10.2. The third-order valence-corrected chi connectivity index (χ3v) is 1.93. The summed E-state index contributed by atoms with van der Waals surface area (Å²) in [7, 11) is 0. The van der Waals surface area contributed by atoms with Gasteiger partial charge in [-0.1, -0.05) is 12.2 Å². The molecule has 0 spiro atoms. The molecule has 1 fully saturated rings. The van der Waals surface area contributed by atoms with Crippen LogP contribution in [-0.2, 0) is 4.79 Å². The largest absolute Gasteiger partial charge is 0.351 e. The Morgan fingerprint density at radius 1 is 1.69 bits per heavy atom. The number of hydrogen-bond donors (Lipinski definition) is 2. The van der Waals surface area contributed by atoms with Crippen LogP contribution in [0.4, 0.5) is 0 Å². The molecular formula is C9H17N3O. The molecule has 1 amide bonds. The minimum absolute atomic E-state index is 0.0764. The molecule has 0 unspecified atom stereocenters. The Morgan fingerprint density at radius 2 is 2.54 bits per heavy atom. The highest BCUT2D eigenvalue weighted by atomic mass is 16.2. The van der Waals surface area contributed by atoms with E-state index in [0.29, 0.717) is 13.1 Å². The van der Waals surface area contributed by atoms with Crippen LogP contribution in [0, 0.1) is 0 Å². The number of hydrazine groups is 1. The predicted octanol–water partition coefficient (Wildman–Crippen LogP) is -0.111. The Bertz CT molecular complexity index is 185. The number of nitrogens with one attached hydrogen (secondary N) is 2. The molecule has 0 aliphatic carbocycles. The van der Waals surface area contributed by atoms with Gasteiger partial charge >= 0.3 is 0 Å². The number of hydrogen-bond acceptors (Lipinski definition) is 3. The summed E-state index contributed by atoms with van der Waals surface area (Å²) in [6.07, 6.45) is 4.98. The van der Waals surface area contributed by atoms with E-state index >= 15 is 0 Å². The van der Waals surface area contributed by atoms with Gasteiger partial charge < -0.3 is 5.32 Å². The first-order valence-corrected chi connectivity index (χ1v) is 4.69. The average molecular weight is 183 g/mol. The number of carbonyl (C=O) groups is 1. The van der Waals surface area contributed by atoms with Crippen LogP contribution in [-0.4, -0.2) is 37.1 Å². The summed E-state index contributed by atoms with van der Waals surface area (Å²) in [6, 6.07) is 0. The van der Waals surface area contributed by atoms with Crippen LogP contribution < -0.4 is 10.7 Å². The molecule has 0 aromatic heterocycles. The van der Waals surface area contributed by atoms with Crippen LogP contribution in [0.1, 0.15) is 13.3 Å². The van der Waals surface area contributed by atoms with Gasteiger partial charge in [0.05, 0.1) is 6.54 Å². The van der Waals surface area contributed by atoms with Crippen molar-refractivity contribution in [2.45, 2.75) is 13.3 Å². The molecule has 4 heteroatoms. The van der Waals surface area contributed by atoms with Crippen LogP contribution in [0.3, 0.4) is 0 Å². The molecule has 1 heterocycles. The van der Waals surface area contributed by atoms with E-state index < -0.39 is 0 Å². The Hall–Kier alpha value is -0.870. The Kier molecular flexibility index (Phi) is 4.49. The van der Waals surface area contributed by atoms with E-state index in [1.54, 1.807) is 0 Å². The van der Waals surface area contributed by atoms with E-state index in [1.165, 1.54) is 0 Å². The molecule has 0 bridgehead atoms. The number of nitrogens with zero attached hydrogens (tertiary/aromatic N) is 1. The molecule has 0 radical (unpaired) electrons. The summed E-state index contributed by atoms with van der Waals surface area (Å²) in [5.41, 5.74) is 3.13. The molecule has 2 N–H and O–H groups in total. The van der Waals surface area contributed by atoms with Gasteiger partial charge in [-0.2, -0.15) is 0 Å². The maximum Gasteiger partial charge on any atom is 0.235 e. The molecule has 1 aliphatic heterocycles. The smallest absolute Gasteiger partial charge is 0.235 e. The lowest BCUT2D eigenvalue weighted by Gasteiger charge is -2.13. The first-order valence-electron chi connectivity index (χ1n) is 4.69. The SMILES string of the molecule is C/C=C/CNC(=O)CN1CCCN1. The van der Waals surface area contributed by atoms with Crippen LogP contribution in [0.15, 0.2) is 12.2 Å². The molecule has 0 aromatic carbocycles. The first-order chi connectivity index (χ1) is 6.33. The fourth-order valence-corrected chi connectivity index (χ4v) is 1.24. The van der Waals surface area contributed by atoms with Gasteiger partial charge in [0.1, 0.15) is 0 Å². The van der Waals surface area contributed by atoms with Gasteiger partial charge in [-0.3, -0.25) is 10.2 Å². The van der Waals surface area contributed by atoms with Gasteiger partial charge in [-0.15, -0.1) is 0 Å². The molecule has 0 atom stereocenters. The topological polar surface area (TPSA) is 44.4 Å². The second kappa shape index (κ2) is 5.72. The van der Waals surface area contributed by atoms with Gasteiger partial charge in [0.2, 0.25) is 5.91 Å². The van der Waals surface area contributed by atoms with Crippen molar-refractivity contribution < 1.29 is 4.79 Å². The zero-order chi connectivity index (χ0) is 9.52. The van der Waals surface area contributed by atoms with Crippen LogP contribution in [0.25, 0.3) is 0 Å². The van der Waals surface area contributed by atoms with Crippen molar-refractivity contribution in [2.24, 2.45) is 0 Å². The van der Waals surface area contributed by atoms with Gasteiger partial charge in [0.25, 0.3) is 0 Å². The molecule has 74 valence electrons. The highest BCUT2D eigenvalue weighted by Gasteiger charge is 2.13. The summed E-state index contributed by atoms with van der Waals surface area (Å²) >= 11 is 0. The van der Waals surface area contributed by atoms with Crippen LogP contribution in [0.2, 0.25) is 0 Å². The Labute approximate surface area is 79.0 Å². The van der Waals surface area contributed by atoms with Crippen molar-refractivity contribution in [3.63, 3.8) is 0 Å². The summed E-state index contributed by atoms with van der Waals surface area (Å²) in [4.78, 5) is 11.2. The summed E-state index contributed by atoms with van der Waals surface area (Å²) in [5.74, 6) is 0.0764. The Morgan fingerprint density at radius 3 is 3.15 bits per heavy atom. The normalized spacial score (nSPS) is 18.2. The standard InChI is InChI=1S/C9H17N3O/c1-2-3-5-10-9(13)8-12-7-4-6-11-12/h2-3,11H,4-8H2,1H3,(H,10,13)/b3-2+. The second-order valence-electron chi connectivity index (χ2n) is 3.06. The van der Waals surface area contributed by atoms with E-state index in [9.17, 15) is 4.79 Å². The van der Waals surface area contributed by atoms with E-state index in [2.05, 4.69) is 10.7 Å². The van der Waals surface area contributed by atoms with Crippen molar-refractivity contribution >= 4 is 5.91 Å². The van der Waals surface area contributed by atoms with Crippen molar-refractivity contribution in [3.8, 4) is 0 Å². The van der Waals surface area contributed by atoms with E-state index in [4.69, 9.17) is 0 Å². The number of amides is 1. The molecule has 4 nitrogen and oxygen atoms in total. The molecule has 1 rings (SSSR count). The van der Waals surface area contributed by atoms with Gasteiger partial charge in [-0.25, -0.2) is 5.01 Å².